The number of rotatable bonds is 5. The third-order valence-electron chi connectivity index (χ3n) is 4.69. The number of nitrogens with one attached hydrogen (secondary N) is 1. The van der Waals surface area contributed by atoms with Crippen LogP contribution in [0.25, 0.3) is 0 Å². The van der Waals surface area contributed by atoms with Gasteiger partial charge in [-0.05, 0) is 44.0 Å². The quantitative estimate of drug-likeness (QED) is 0.374. The zero-order valence-corrected chi connectivity index (χ0v) is 15.8. The predicted octanol–water partition coefficient (Wildman–Crippen LogP) is 3.51. The van der Waals surface area contributed by atoms with E-state index in [0.717, 1.165) is 56.1 Å². The van der Waals surface area contributed by atoms with Crippen LogP contribution in [0.15, 0.2) is 34.2 Å². The number of halogens is 1. The summed E-state index contributed by atoms with van der Waals surface area (Å²) >= 11 is 7.74. The molecule has 0 radical (unpaired) electrons. The van der Waals surface area contributed by atoms with Crippen molar-refractivity contribution in [2.24, 2.45) is 10.4 Å². The van der Waals surface area contributed by atoms with E-state index in [2.05, 4.69) is 29.3 Å². The van der Waals surface area contributed by atoms with Gasteiger partial charge < -0.3 is 15.0 Å². The molecule has 6 heteroatoms. The molecule has 1 atom stereocenters. The van der Waals surface area contributed by atoms with Crippen molar-refractivity contribution in [1.82, 2.24) is 10.2 Å². The normalized spacial score (nSPS) is 24.1. The highest BCUT2D eigenvalue weighted by Crippen LogP contribution is 2.38. The Kier molecular flexibility index (Phi) is 6.31. The van der Waals surface area contributed by atoms with E-state index in [4.69, 9.17) is 21.3 Å². The molecule has 0 aliphatic carbocycles. The summed E-state index contributed by atoms with van der Waals surface area (Å²) < 4.78 is 5.63. The van der Waals surface area contributed by atoms with Crippen molar-refractivity contribution in [3.8, 4) is 0 Å². The van der Waals surface area contributed by atoms with Gasteiger partial charge in [0.05, 0.1) is 13.2 Å². The minimum Gasteiger partial charge on any atom is -0.381 e. The predicted molar refractivity (Wildman–Crippen MR) is 102 cm³/mol. The van der Waals surface area contributed by atoms with Crippen LogP contribution in [0.3, 0.4) is 0 Å². The Morgan fingerprint density at radius 3 is 2.92 bits per heavy atom. The van der Waals surface area contributed by atoms with E-state index in [1.165, 1.54) is 17.7 Å². The van der Waals surface area contributed by atoms with Crippen molar-refractivity contribution in [3.63, 3.8) is 0 Å². The average Bonchev–Trinajstić information content (AvgIpc) is 3.22. The summed E-state index contributed by atoms with van der Waals surface area (Å²) in [5, 5.41) is 4.23. The standard InChI is InChI=1S/C18H26ClN3OS/c1-2-20-17(22-10-7-18(13-22)8-11-23-14-18)21-9-12-24-16-5-3-15(19)4-6-16/h3-6H,2,7-14H2,1H3,(H,20,21). The van der Waals surface area contributed by atoms with Crippen molar-refractivity contribution < 1.29 is 4.74 Å². The number of hydrogen-bond acceptors (Lipinski definition) is 3. The van der Waals surface area contributed by atoms with Gasteiger partial charge in [0.15, 0.2) is 5.96 Å². The Balaban J connectivity index is 1.51. The van der Waals surface area contributed by atoms with Crippen molar-refractivity contribution in [2.45, 2.75) is 24.7 Å². The van der Waals surface area contributed by atoms with Gasteiger partial charge >= 0.3 is 0 Å². The van der Waals surface area contributed by atoms with Crippen molar-refractivity contribution in [2.75, 3.05) is 45.1 Å². The van der Waals surface area contributed by atoms with Crippen LogP contribution in [0.4, 0.5) is 0 Å². The molecule has 2 saturated heterocycles. The van der Waals surface area contributed by atoms with Gasteiger partial charge in [0.1, 0.15) is 0 Å². The first-order chi connectivity index (χ1) is 11.7. The highest BCUT2D eigenvalue weighted by molar-refractivity contribution is 7.99. The zero-order chi connectivity index (χ0) is 16.8. The van der Waals surface area contributed by atoms with E-state index in [1.807, 2.05) is 23.9 Å². The molecule has 0 amide bonds. The maximum absolute atomic E-state index is 5.92. The molecule has 1 spiro atoms. The topological polar surface area (TPSA) is 36.9 Å². The van der Waals surface area contributed by atoms with Gasteiger partial charge in [-0.1, -0.05) is 11.6 Å². The van der Waals surface area contributed by atoms with E-state index in [-0.39, 0.29) is 0 Å². The van der Waals surface area contributed by atoms with E-state index in [0.29, 0.717) is 5.41 Å². The van der Waals surface area contributed by atoms with Crippen molar-refractivity contribution in [3.05, 3.63) is 29.3 Å². The van der Waals surface area contributed by atoms with Gasteiger partial charge in [0.25, 0.3) is 0 Å². The maximum Gasteiger partial charge on any atom is 0.193 e. The number of nitrogens with zero attached hydrogens (tertiary/aromatic N) is 2. The van der Waals surface area contributed by atoms with Crippen molar-refractivity contribution in [1.29, 1.82) is 0 Å². The molecule has 24 heavy (non-hydrogen) atoms. The highest BCUT2D eigenvalue weighted by atomic mass is 35.5. The smallest absolute Gasteiger partial charge is 0.193 e. The summed E-state index contributed by atoms with van der Waals surface area (Å²) in [6.07, 6.45) is 2.41. The first-order valence-electron chi connectivity index (χ1n) is 8.70. The molecule has 2 aliphatic rings. The number of aliphatic imine (C=N–C) groups is 1. The van der Waals surface area contributed by atoms with Gasteiger partial charge in [-0.15, -0.1) is 11.8 Å². The van der Waals surface area contributed by atoms with Crippen LogP contribution in [0.2, 0.25) is 5.02 Å². The lowest BCUT2D eigenvalue weighted by Crippen LogP contribution is -2.41. The van der Waals surface area contributed by atoms with Crippen LogP contribution < -0.4 is 5.32 Å². The average molecular weight is 368 g/mol. The lowest BCUT2D eigenvalue weighted by atomic mass is 9.87. The number of guanidine groups is 1. The molecule has 4 nitrogen and oxygen atoms in total. The molecule has 2 aliphatic heterocycles. The fraction of sp³-hybridized carbons (Fsp3) is 0.611. The Hall–Kier alpha value is -0.910. The first kappa shape index (κ1) is 17.9. The highest BCUT2D eigenvalue weighted by Gasteiger charge is 2.42. The third-order valence-corrected chi connectivity index (χ3v) is 5.94. The van der Waals surface area contributed by atoms with E-state index in [1.54, 1.807) is 0 Å². The Bertz CT molecular complexity index is 558. The Morgan fingerprint density at radius 1 is 1.38 bits per heavy atom. The minimum absolute atomic E-state index is 0.369. The molecule has 1 aromatic carbocycles. The number of thioether (sulfide) groups is 1. The molecule has 0 saturated carbocycles. The van der Waals surface area contributed by atoms with E-state index < -0.39 is 0 Å². The fourth-order valence-electron chi connectivity index (χ4n) is 3.36. The second-order valence-electron chi connectivity index (χ2n) is 6.51. The van der Waals surface area contributed by atoms with Gasteiger partial charge in [-0.2, -0.15) is 0 Å². The largest absolute Gasteiger partial charge is 0.381 e. The summed E-state index contributed by atoms with van der Waals surface area (Å²) in [5.41, 5.74) is 0.369. The summed E-state index contributed by atoms with van der Waals surface area (Å²) in [5.74, 6) is 2.02. The first-order valence-corrected chi connectivity index (χ1v) is 10.1. The molecule has 0 bridgehead atoms. The Labute approximate surface area is 154 Å². The number of ether oxygens (including phenoxy) is 1. The van der Waals surface area contributed by atoms with Gasteiger partial charge in [-0.25, -0.2) is 0 Å². The molecule has 0 aromatic heterocycles. The van der Waals surface area contributed by atoms with Crippen LogP contribution in [-0.4, -0.2) is 56.0 Å². The Morgan fingerprint density at radius 2 is 2.21 bits per heavy atom. The SMILES string of the molecule is CCNC(=NCCSc1ccc(Cl)cc1)N1CCC2(CCOC2)C1. The van der Waals surface area contributed by atoms with Crippen molar-refractivity contribution >= 4 is 29.3 Å². The molecule has 3 rings (SSSR count). The number of hydrogen-bond donors (Lipinski definition) is 1. The molecule has 132 valence electrons. The molecule has 1 aromatic rings. The van der Waals surface area contributed by atoms with E-state index >= 15 is 0 Å². The summed E-state index contributed by atoms with van der Waals surface area (Å²) in [7, 11) is 0. The molecule has 2 fully saturated rings. The van der Waals surface area contributed by atoms with Crippen LogP contribution in [-0.2, 0) is 4.74 Å². The lowest BCUT2D eigenvalue weighted by Gasteiger charge is -2.24. The van der Waals surface area contributed by atoms with Gasteiger partial charge in [-0.3, -0.25) is 4.99 Å². The number of likely N-dealkylation sites (tertiary alicyclic amines) is 1. The fourth-order valence-corrected chi connectivity index (χ4v) is 4.23. The second-order valence-corrected chi connectivity index (χ2v) is 8.12. The maximum atomic E-state index is 5.92. The van der Waals surface area contributed by atoms with Gasteiger partial charge in [0, 0.05) is 47.3 Å². The lowest BCUT2D eigenvalue weighted by molar-refractivity contribution is 0.156. The summed E-state index contributed by atoms with van der Waals surface area (Å²) in [6.45, 7) is 7.83. The monoisotopic (exact) mass is 367 g/mol. The van der Waals surface area contributed by atoms with Crippen LogP contribution in [0, 0.1) is 5.41 Å². The van der Waals surface area contributed by atoms with E-state index in [9.17, 15) is 0 Å². The zero-order valence-electron chi connectivity index (χ0n) is 14.3. The third kappa shape index (κ3) is 4.58. The molecule has 2 heterocycles. The summed E-state index contributed by atoms with van der Waals surface area (Å²) in [6, 6.07) is 7.99. The van der Waals surface area contributed by atoms with Crippen LogP contribution in [0.5, 0.6) is 0 Å². The molecule has 1 N–H and O–H groups in total. The minimum atomic E-state index is 0.369. The van der Waals surface area contributed by atoms with Gasteiger partial charge in [0.2, 0.25) is 0 Å². The molecule has 1 unspecified atom stereocenters. The molecular weight excluding hydrogens is 342 g/mol. The summed E-state index contributed by atoms with van der Waals surface area (Å²) in [4.78, 5) is 8.47. The van der Waals surface area contributed by atoms with Crippen LogP contribution in [0.1, 0.15) is 19.8 Å². The number of benzene rings is 1. The van der Waals surface area contributed by atoms with Crippen LogP contribution >= 0.6 is 23.4 Å². The molecular formula is C18H26ClN3OS. The second kappa shape index (κ2) is 8.45.